The molecule has 0 aliphatic rings. The molecule has 3 heteroatoms. The zero-order valence-corrected chi connectivity index (χ0v) is 8.16. The summed E-state index contributed by atoms with van der Waals surface area (Å²) in [5.74, 6) is 0.726. The van der Waals surface area contributed by atoms with Crippen molar-refractivity contribution in [1.29, 1.82) is 0 Å². The highest BCUT2D eigenvalue weighted by atomic mass is 16.5. The van der Waals surface area contributed by atoms with Crippen molar-refractivity contribution in [2.75, 3.05) is 6.61 Å². The molecule has 0 saturated carbocycles. The van der Waals surface area contributed by atoms with E-state index in [4.69, 9.17) is 4.74 Å². The second kappa shape index (κ2) is 3.61. The third kappa shape index (κ3) is 1.78. The van der Waals surface area contributed by atoms with Gasteiger partial charge in [-0.1, -0.05) is 0 Å². The average molecular weight is 168 g/mol. The van der Waals surface area contributed by atoms with E-state index in [9.17, 15) is 0 Å². The van der Waals surface area contributed by atoms with E-state index in [0.29, 0.717) is 12.6 Å². The van der Waals surface area contributed by atoms with Crippen LogP contribution in [0.25, 0.3) is 0 Å². The molecule has 0 atom stereocenters. The van der Waals surface area contributed by atoms with E-state index in [0.717, 1.165) is 11.6 Å². The Morgan fingerprint density at radius 1 is 1.58 bits per heavy atom. The Morgan fingerprint density at radius 2 is 2.25 bits per heavy atom. The molecule has 0 N–H and O–H groups in total. The zero-order chi connectivity index (χ0) is 9.14. The minimum atomic E-state index is 0.402. The first-order chi connectivity index (χ1) is 5.65. The van der Waals surface area contributed by atoms with E-state index in [-0.39, 0.29) is 0 Å². The SMILES string of the molecule is CCOc1cc(C)n(C(C)C)n1. The average Bonchev–Trinajstić information content (AvgIpc) is 2.32. The van der Waals surface area contributed by atoms with Crippen LogP contribution in [0.1, 0.15) is 32.5 Å². The molecule has 3 nitrogen and oxygen atoms in total. The fourth-order valence-electron chi connectivity index (χ4n) is 1.20. The Balaban J connectivity index is 2.85. The first-order valence-electron chi connectivity index (χ1n) is 4.34. The van der Waals surface area contributed by atoms with E-state index < -0.39 is 0 Å². The fraction of sp³-hybridized carbons (Fsp3) is 0.667. The second-order valence-electron chi connectivity index (χ2n) is 3.10. The van der Waals surface area contributed by atoms with Crippen LogP contribution in [-0.4, -0.2) is 16.4 Å². The molecule has 0 aromatic carbocycles. The van der Waals surface area contributed by atoms with Crippen LogP contribution in [0.5, 0.6) is 5.88 Å². The lowest BCUT2D eigenvalue weighted by Crippen LogP contribution is -2.04. The van der Waals surface area contributed by atoms with Gasteiger partial charge in [0.05, 0.1) is 6.61 Å². The lowest BCUT2D eigenvalue weighted by molar-refractivity contribution is 0.319. The normalized spacial score (nSPS) is 10.8. The maximum atomic E-state index is 5.29. The van der Waals surface area contributed by atoms with Crippen LogP contribution in [0.15, 0.2) is 6.07 Å². The summed E-state index contributed by atoms with van der Waals surface area (Å²) in [7, 11) is 0. The fourth-order valence-corrected chi connectivity index (χ4v) is 1.20. The molecule has 0 aliphatic carbocycles. The van der Waals surface area contributed by atoms with Crippen LogP contribution in [0.2, 0.25) is 0 Å². The van der Waals surface area contributed by atoms with Crippen LogP contribution in [-0.2, 0) is 0 Å². The highest BCUT2D eigenvalue weighted by Gasteiger charge is 2.06. The van der Waals surface area contributed by atoms with Gasteiger partial charge in [-0.05, 0) is 27.7 Å². The van der Waals surface area contributed by atoms with Crippen molar-refractivity contribution < 1.29 is 4.74 Å². The molecule has 0 bridgehead atoms. The minimum Gasteiger partial charge on any atom is -0.477 e. The number of aromatic nitrogens is 2. The summed E-state index contributed by atoms with van der Waals surface area (Å²) in [5, 5.41) is 4.29. The Labute approximate surface area is 73.3 Å². The summed E-state index contributed by atoms with van der Waals surface area (Å²) in [5.41, 5.74) is 1.15. The molecule has 0 radical (unpaired) electrons. The molecule has 0 unspecified atom stereocenters. The van der Waals surface area contributed by atoms with E-state index in [1.54, 1.807) is 0 Å². The number of nitrogens with zero attached hydrogens (tertiary/aromatic N) is 2. The summed E-state index contributed by atoms with van der Waals surface area (Å²) in [4.78, 5) is 0. The van der Waals surface area contributed by atoms with E-state index in [1.165, 1.54) is 0 Å². The Hall–Kier alpha value is -0.990. The highest BCUT2D eigenvalue weighted by molar-refractivity contribution is 5.14. The predicted molar refractivity (Wildman–Crippen MR) is 48.5 cm³/mol. The molecule has 1 rings (SSSR count). The van der Waals surface area contributed by atoms with Gasteiger partial charge < -0.3 is 4.74 Å². The third-order valence-electron chi connectivity index (χ3n) is 1.68. The van der Waals surface area contributed by atoms with Crippen molar-refractivity contribution >= 4 is 0 Å². The summed E-state index contributed by atoms with van der Waals surface area (Å²) >= 11 is 0. The van der Waals surface area contributed by atoms with Gasteiger partial charge in [0.1, 0.15) is 0 Å². The quantitative estimate of drug-likeness (QED) is 0.691. The minimum absolute atomic E-state index is 0.402. The van der Waals surface area contributed by atoms with Gasteiger partial charge in [-0.2, -0.15) is 0 Å². The molecule has 68 valence electrons. The lowest BCUT2D eigenvalue weighted by Gasteiger charge is -2.06. The molecule has 0 spiro atoms. The third-order valence-corrected chi connectivity index (χ3v) is 1.68. The van der Waals surface area contributed by atoms with Gasteiger partial charge in [0.25, 0.3) is 0 Å². The topological polar surface area (TPSA) is 27.1 Å². The monoisotopic (exact) mass is 168 g/mol. The van der Waals surface area contributed by atoms with Gasteiger partial charge >= 0.3 is 0 Å². The van der Waals surface area contributed by atoms with Gasteiger partial charge in [-0.15, -0.1) is 5.10 Å². The van der Waals surface area contributed by atoms with Crippen molar-refractivity contribution in [3.8, 4) is 5.88 Å². The lowest BCUT2D eigenvalue weighted by atomic mass is 10.4. The van der Waals surface area contributed by atoms with E-state index in [1.807, 2.05) is 24.6 Å². The molecular weight excluding hydrogens is 152 g/mol. The molecule has 12 heavy (non-hydrogen) atoms. The van der Waals surface area contributed by atoms with E-state index >= 15 is 0 Å². The van der Waals surface area contributed by atoms with Crippen molar-refractivity contribution in [3.63, 3.8) is 0 Å². The van der Waals surface area contributed by atoms with Crippen LogP contribution >= 0.6 is 0 Å². The number of ether oxygens (including phenoxy) is 1. The van der Waals surface area contributed by atoms with Crippen LogP contribution in [0.3, 0.4) is 0 Å². The number of rotatable bonds is 3. The smallest absolute Gasteiger partial charge is 0.232 e. The summed E-state index contributed by atoms with van der Waals surface area (Å²) in [6.45, 7) is 8.89. The van der Waals surface area contributed by atoms with Crippen molar-refractivity contribution in [3.05, 3.63) is 11.8 Å². The molecular formula is C9H16N2O. The predicted octanol–water partition coefficient (Wildman–Crippen LogP) is 2.17. The van der Waals surface area contributed by atoms with Gasteiger partial charge in [-0.25, -0.2) is 0 Å². The second-order valence-corrected chi connectivity index (χ2v) is 3.10. The molecule has 0 aliphatic heterocycles. The zero-order valence-electron chi connectivity index (χ0n) is 8.16. The molecule has 1 heterocycles. The van der Waals surface area contributed by atoms with E-state index in [2.05, 4.69) is 18.9 Å². The Morgan fingerprint density at radius 3 is 2.67 bits per heavy atom. The Kier molecular flexibility index (Phi) is 2.74. The van der Waals surface area contributed by atoms with Gasteiger partial charge in [-0.3, -0.25) is 4.68 Å². The first-order valence-corrected chi connectivity index (χ1v) is 4.34. The maximum absolute atomic E-state index is 5.29. The van der Waals surface area contributed by atoms with Gasteiger partial charge in [0, 0.05) is 17.8 Å². The van der Waals surface area contributed by atoms with Crippen molar-refractivity contribution in [1.82, 2.24) is 9.78 Å². The maximum Gasteiger partial charge on any atom is 0.232 e. The first kappa shape index (κ1) is 9.10. The number of hydrogen-bond acceptors (Lipinski definition) is 2. The summed E-state index contributed by atoms with van der Waals surface area (Å²) in [6, 6.07) is 2.36. The van der Waals surface area contributed by atoms with Gasteiger partial charge in [0.2, 0.25) is 5.88 Å². The van der Waals surface area contributed by atoms with Crippen LogP contribution in [0, 0.1) is 6.92 Å². The molecule has 1 aromatic rings. The molecule has 0 amide bonds. The van der Waals surface area contributed by atoms with Gasteiger partial charge in [0.15, 0.2) is 0 Å². The van der Waals surface area contributed by atoms with Crippen LogP contribution in [0.4, 0.5) is 0 Å². The molecule has 0 saturated heterocycles. The summed E-state index contributed by atoms with van der Waals surface area (Å²) < 4.78 is 7.25. The Bertz CT molecular complexity index is 253. The highest BCUT2D eigenvalue weighted by Crippen LogP contribution is 2.15. The standard InChI is InChI=1S/C9H16N2O/c1-5-12-9-6-8(4)11(10-9)7(2)3/h6-7H,5H2,1-4H3. The van der Waals surface area contributed by atoms with Crippen LogP contribution < -0.4 is 4.74 Å². The largest absolute Gasteiger partial charge is 0.477 e. The number of aryl methyl sites for hydroxylation is 1. The molecule has 0 fully saturated rings. The van der Waals surface area contributed by atoms with Crippen molar-refractivity contribution in [2.45, 2.75) is 33.7 Å². The summed E-state index contributed by atoms with van der Waals surface area (Å²) in [6.07, 6.45) is 0. The van der Waals surface area contributed by atoms with Crippen molar-refractivity contribution in [2.24, 2.45) is 0 Å². The number of hydrogen-bond donors (Lipinski definition) is 0. The molecule has 1 aromatic heterocycles.